The lowest BCUT2D eigenvalue weighted by molar-refractivity contribution is 0.0441. The van der Waals surface area contributed by atoms with E-state index in [0.717, 1.165) is 18.4 Å². The molecule has 0 radical (unpaired) electrons. The molecule has 0 fully saturated rings. The van der Waals surface area contributed by atoms with Crippen molar-refractivity contribution in [1.82, 2.24) is 0 Å². The van der Waals surface area contributed by atoms with Crippen molar-refractivity contribution >= 4 is 0 Å². The van der Waals surface area contributed by atoms with Crippen molar-refractivity contribution in [1.29, 1.82) is 0 Å². The second-order valence-electron chi connectivity index (χ2n) is 5.43. The van der Waals surface area contributed by atoms with Crippen LogP contribution >= 0.6 is 0 Å². The van der Waals surface area contributed by atoms with E-state index in [4.69, 9.17) is 0 Å². The summed E-state index contributed by atoms with van der Waals surface area (Å²) in [6.07, 6.45) is 3.11. The van der Waals surface area contributed by atoms with Crippen LogP contribution < -0.4 is 0 Å². The van der Waals surface area contributed by atoms with Crippen molar-refractivity contribution < 1.29 is 5.11 Å². The molecule has 0 saturated heterocycles. The number of hydrogen-bond acceptors (Lipinski definition) is 1. The van der Waals surface area contributed by atoms with Crippen LogP contribution in [0.5, 0.6) is 0 Å². The Bertz CT molecular complexity index is 309. The average molecular weight is 220 g/mol. The maximum atomic E-state index is 10.4. The van der Waals surface area contributed by atoms with Crippen LogP contribution in [0.2, 0.25) is 0 Å². The topological polar surface area (TPSA) is 20.2 Å². The molecule has 1 rings (SSSR count). The van der Waals surface area contributed by atoms with Gasteiger partial charge in [-0.05, 0) is 38.2 Å². The molecule has 0 aliphatic carbocycles. The van der Waals surface area contributed by atoms with Gasteiger partial charge >= 0.3 is 0 Å². The molecule has 0 aromatic heterocycles. The van der Waals surface area contributed by atoms with E-state index >= 15 is 0 Å². The highest BCUT2D eigenvalue weighted by atomic mass is 16.3. The highest BCUT2D eigenvalue weighted by Gasteiger charge is 2.22. The van der Waals surface area contributed by atoms with E-state index < -0.39 is 5.60 Å². The Labute approximate surface area is 99.5 Å². The van der Waals surface area contributed by atoms with E-state index in [-0.39, 0.29) is 0 Å². The van der Waals surface area contributed by atoms with Gasteiger partial charge in [0.05, 0.1) is 5.60 Å². The molecule has 1 aromatic carbocycles. The van der Waals surface area contributed by atoms with Crippen LogP contribution in [0.15, 0.2) is 24.3 Å². The Morgan fingerprint density at radius 1 is 1.19 bits per heavy atom. The van der Waals surface area contributed by atoms with Crippen molar-refractivity contribution in [2.75, 3.05) is 0 Å². The molecule has 0 saturated carbocycles. The Morgan fingerprint density at radius 3 is 2.25 bits per heavy atom. The summed E-state index contributed by atoms with van der Waals surface area (Å²) in [4.78, 5) is 0. The molecule has 0 aliphatic heterocycles. The lowest BCUT2D eigenvalue weighted by atomic mass is 9.89. The fourth-order valence-electron chi connectivity index (χ4n) is 1.91. The van der Waals surface area contributed by atoms with Crippen LogP contribution in [0.25, 0.3) is 0 Å². The molecule has 16 heavy (non-hydrogen) atoms. The first kappa shape index (κ1) is 13.2. The van der Waals surface area contributed by atoms with E-state index in [9.17, 15) is 5.11 Å². The lowest BCUT2D eigenvalue weighted by Crippen LogP contribution is -2.21. The van der Waals surface area contributed by atoms with Gasteiger partial charge in [-0.1, -0.05) is 50.1 Å². The average Bonchev–Trinajstić information content (AvgIpc) is 2.17. The standard InChI is InChI=1S/C15H24O/c1-12(2)6-5-11-15(4,16)14-9-7-13(3)8-10-14/h7-10,12,16H,5-6,11H2,1-4H3/t15-/m0/s1. The SMILES string of the molecule is Cc1ccc([C@@](C)(O)CCCC(C)C)cc1. The van der Waals surface area contributed by atoms with E-state index in [0.29, 0.717) is 5.92 Å². The summed E-state index contributed by atoms with van der Waals surface area (Å²) in [5.74, 6) is 0.716. The van der Waals surface area contributed by atoms with E-state index in [1.807, 2.05) is 19.1 Å². The van der Waals surface area contributed by atoms with Gasteiger partial charge in [0, 0.05) is 0 Å². The van der Waals surface area contributed by atoms with Crippen molar-refractivity contribution in [2.45, 2.75) is 52.6 Å². The van der Waals surface area contributed by atoms with Gasteiger partial charge in [-0.15, -0.1) is 0 Å². The molecule has 0 unspecified atom stereocenters. The summed E-state index contributed by atoms with van der Waals surface area (Å²) in [5.41, 5.74) is 1.59. The van der Waals surface area contributed by atoms with Gasteiger partial charge in [0.15, 0.2) is 0 Å². The van der Waals surface area contributed by atoms with Crippen LogP contribution in [0.3, 0.4) is 0 Å². The number of hydrogen-bond donors (Lipinski definition) is 1. The minimum atomic E-state index is -0.678. The second-order valence-corrected chi connectivity index (χ2v) is 5.43. The zero-order valence-corrected chi connectivity index (χ0v) is 11.0. The molecule has 1 heteroatoms. The maximum Gasteiger partial charge on any atom is 0.0868 e. The number of aliphatic hydroxyl groups is 1. The highest BCUT2D eigenvalue weighted by Crippen LogP contribution is 2.27. The minimum absolute atomic E-state index is 0.678. The lowest BCUT2D eigenvalue weighted by Gasteiger charge is -2.24. The highest BCUT2D eigenvalue weighted by molar-refractivity contribution is 5.25. The Morgan fingerprint density at radius 2 is 1.75 bits per heavy atom. The molecule has 90 valence electrons. The number of rotatable bonds is 5. The predicted molar refractivity (Wildman–Crippen MR) is 69.4 cm³/mol. The molecule has 0 bridgehead atoms. The van der Waals surface area contributed by atoms with Crippen molar-refractivity contribution in [3.05, 3.63) is 35.4 Å². The zero-order chi connectivity index (χ0) is 12.2. The smallest absolute Gasteiger partial charge is 0.0868 e. The van der Waals surface area contributed by atoms with E-state index in [1.54, 1.807) is 0 Å². The first-order valence-corrected chi connectivity index (χ1v) is 6.21. The molecule has 1 nitrogen and oxygen atoms in total. The van der Waals surface area contributed by atoms with Crippen LogP contribution in [0.1, 0.15) is 51.2 Å². The summed E-state index contributed by atoms with van der Waals surface area (Å²) < 4.78 is 0. The Kier molecular flexibility index (Phi) is 4.55. The summed E-state index contributed by atoms with van der Waals surface area (Å²) >= 11 is 0. The minimum Gasteiger partial charge on any atom is -0.385 e. The summed E-state index contributed by atoms with van der Waals surface area (Å²) in [5, 5.41) is 10.4. The molecular formula is C15H24O. The summed E-state index contributed by atoms with van der Waals surface area (Å²) in [6.45, 7) is 8.43. The first-order valence-electron chi connectivity index (χ1n) is 6.21. The number of aryl methyl sites for hydroxylation is 1. The molecule has 1 atom stereocenters. The second kappa shape index (κ2) is 5.49. The Hall–Kier alpha value is -0.820. The van der Waals surface area contributed by atoms with Gasteiger partial charge in [-0.3, -0.25) is 0 Å². The van der Waals surface area contributed by atoms with Crippen LogP contribution in [-0.2, 0) is 5.60 Å². The van der Waals surface area contributed by atoms with Gasteiger partial charge in [0.25, 0.3) is 0 Å². The summed E-state index contributed by atoms with van der Waals surface area (Å²) in [6, 6.07) is 8.19. The molecular weight excluding hydrogens is 196 g/mol. The molecule has 0 aliphatic rings. The summed E-state index contributed by atoms with van der Waals surface area (Å²) in [7, 11) is 0. The normalized spacial score (nSPS) is 15.1. The van der Waals surface area contributed by atoms with E-state index in [2.05, 4.69) is 32.9 Å². The third kappa shape index (κ3) is 3.97. The fourth-order valence-corrected chi connectivity index (χ4v) is 1.91. The van der Waals surface area contributed by atoms with E-state index in [1.165, 1.54) is 12.0 Å². The maximum absolute atomic E-state index is 10.4. The number of benzene rings is 1. The quantitative estimate of drug-likeness (QED) is 0.794. The van der Waals surface area contributed by atoms with Crippen LogP contribution in [0, 0.1) is 12.8 Å². The molecule has 0 amide bonds. The molecule has 0 heterocycles. The van der Waals surface area contributed by atoms with Crippen molar-refractivity contribution in [3.63, 3.8) is 0 Å². The third-order valence-corrected chi connectivity index (χ3v) is 3.12. The monoisotopic (exact) mass is 220 g/mol. The van der Waals surface area contributed by atoms with Crippen molar-refractivity contribution in [2.24, 2.45) is 5.92 Å². The predicted octanol–water partition coefficient (Wildman–Crippen LogP) is 4.03. The van der Waals surface area contributed by atoms with Crippen molar-refractivity contribution in [3.8, 4) is 0 Å². The molecule has 1 N–H and O–H groups in total. The fraction of sp³-hybridized carbons (Fsp3) is 0.600. The van der Waals surface area contributed by atoms with Gasteiger partial charge in [0.2, 0.25) is 0 Å². The van der Waals surface area contributed by atoms with Crippen LogP contribution in [0.4, 0.5) is 0 Å². The zero-order valence-electron chi connectivity index (χ0n) is 11.0. The van der Waals surface area contributed by atoms with Gasteiger partial charge < -0.3 is 5.11 Å². The largest absolute Gasteiger partial charge is 0.385 e. The molecule has 1 aromatic rings. The van der Waals surface area contributed by atoms with Gasteiger partial charge in [-0.2, -0.15) is 0 Å². The van der Waals surface area contributed by atoms with Crippen LogP contribution in [-0.4, -0.2) is 5.11 Å². The van der Waals surface area contributed by atoms with Gasteiger partial charge in [-0.25, -0.2) is 0 Å². The third-order valence-electron chi connectivity index (χ3n) is 3.12. The molecule has 0 spiro atoms. The Balaban J connectivity index is 2.59. The van der Waals surface area contributed by atoms with Gasteiger partial charge in [0.1, 0.15) is 0 Å². The first-order chi connectivity index (χ1) is 7.42.